The lowest BCUT2D eigenvalue weighted by Gasteiger charge is -2.21. The molecule has 0 aliphatic rings. The molecule has 2 aromatic rings. The van der Waals surface area contributed by atoms with Crippen molar-refractivity contribution in [3.8, 4) is 0 Å². The Bertz CT molecular complexity index is 1120. The summed E-state index contributed by atoms with van der Waals surface area (Å²) in [5, 5.41) is 2.48. The van der Waals surface area contributed by atoms with Gasteiger partial charge in [-0.15, -0.1) is 0 Å². The zero-order valence-electron chi connectivity index (χ0n) is 17.5. The molecule has 0 spiro atoms. The predicted octanol–water partition coefficient (Wildman–Crippen LogP) is 3.41. The van der Waals surface area contributed by atoms with E-state index in [1.54, 1.807) is 20.8 Å². The van der Waals surface area contributed by atoms with Crippen molar-refractivity contribution >= 4 is 21.6 Å². The largest absolute Gasteiger partial charge is 0.417 e. The number of alkyl halides is 3. The highest BCUT2D eigenvalue weighted by molar-refractivity contribution is 7.89. The molecule has 1 heterocycles. The maximum absolute atomic E-state index is 13.0. The number of anilines is 1. The van der Waals surface area contributed by atoms with Crippen LogP contribution >= 0.6 is 0 Å². The molecule has 7 nitrogen and oxygen atoms in total. The van der Waals surface area contributed by atoms with Crippen LogP contribution in [0.4, 0.5) is 18.9 Å². The molecule has 1 aromatic carbocycles. The molecule has 2 rings (SSSR count). The summed E-state index contributed by atoms with van der Waals surface area (Å²) in [5.41, 5.74) is -1.21. The second kappa shape index (κ2) is 9.23. The minimum Gasteiger partial charge on any atom is -0.324 e. The Kier molecular flexibility index (Phi) is 7.32. The van der Waals surface area contributed by atoms with E-state index in [2.05, 4.69) is 5.32 Å². The van der Waals surface area contributed by atoms with Crippen LogP contribution < -0.4 is 10.9 Å². The van der Waals surface area contributed by atoms with E-state index in [0.29, 0.717) is 22.4 Å². The number of aromatic nitrogens is 1. The summed E-state index contributed by atoms with van der Waals surface area (Å²) < 4.78 is 66.5. The van der Waals surface area contributed by atoms with Crippen molar-refractivity contribution in [2.75, 3.05) is 18.4 Å². The Labute approximate surface area is 178 Å². The number of aryl methyl sites for hydroxylation is 1. The Hall–Kier alpha value is -2.66. The highest BCUT2D eigenvalue weighted by Gasteiger charge is 2.32. The quantitative estimate of drug-likeness (QED) is 0.687. The van der Waals surface area contributed by atoms with Crippen molar-refractivity contribution in [1.29, 1.82) is 0 Å². The number of nitrogens with zero attached hydrogens (tertiary/aromatic N) is 2. The summed E-state index contributed by atoms with van der Waals surface area (Å²) in [6.07, 6.45) is -4.09. The number of carbonyl (C=O) groups is 1. The van der Waals surface area contributed by atoms with Gasteiger partial charge in [0.25, 0.3) is 5.56 Å². The number of carbonyl (C=O) groups excluding carboxylic acids is 1. The number of halogens is 3. The topological polar surface area (TPSA) is 88.5 Å². The third-order valence-corrected chi connectivity index (χ3v) is 7.03. The monoisotopic (exact) mass is 459 g/mol. The first-order valence-electron chi connectivity index (χ1n) is 9.54. The lowest BCUT2D eigenvalue weighted by Crippen LogP contribution is -2.32. The Morgan fingerprint density at radius 3 is 2.32 bits per heavy atom. The number of benzene rings is 1. The zero-order valence-corrected chi connectivity index (χ0v) is 18.3. The van der Waals surface area contributed by atoms with E-state index in [1.807, 2.05) is 0 Å². The SMILES string of the molecule is CCN(CC)S(=O)(=O)c1cc(NC(=O)[C@H](C)n2cc(C(F)(F)F)ccc2=O)ccc1C. The number of pyridine rings is 1. The van der Waals surface area contributed by atoms with Crippen LogP contribution in [0.2, 0.25) is 0 Å². The van der Waals surface area contributed by atoms with Crippen molar-refractivity contribution in [3.05, 3.63) is 58.0 Å². The maximum atomic E-state index is 13.0. The van der Waals surface area contributed by atoms with E-state index >= 15 is 0 Å². The van der Waals surface area contributed by atoms with Crippen molar-refractivity contribution < 1.29 is 26.4 Å². The molecule has 0 saturated carbocycles. The second-order valence-corrected chi connectivity index (χ2v) is 8.80. The van der Waals surface area contributed by atoms with Gasteiger partial charge in [0, 0.05) is 31.0 Å². The van der Waals surface area contributed by atoms with Crippen LogP contribution in [-0.2, 0) is 21.0 Å². The summed E-state index contributed by atoms with van der Waals surface area (Å²) in [7, 11) is -3.79. The van der Waals surface area contributed by atoms with E-state index in [4.69, 9.17) is 0 Å². The van der Waals surface area contributed by atoms with Crippen LogP contribution in [0.1, 0.15) is 37.9 Å². The fourth-order valence-electron chi connectivity index (χ4n) is 3.01. The average molecular weight is 459 g/mol. The van der Waals surface area contributed by atoms with Crippen LogP contribution in [0.3, 0.4) is 0 Å². The minimum atomic E-state index is -4.67. The Morgan fingerprint density at radius 2 is 1.77 bits per heavy atom. The fraction of sp³-hybridized carbons (Fsp3) is 0.400. The Balaban J connectivity index is 2.36. The molecular formula is C20H24F3N3O4S. The molecule has 1 aromatic heterocycles. The van der Waals surface area contributed by atoms with E-state index in [-0.39, 0.29) is 23.7 Å². The summed E-state index contributed by atoms with van der Waals surface area (Å²) in [4.78, 5) is 24.6. The molecule has 1 N–H and O–H groups in total. The first-order valence-corrected chi connectivity index (χ1v) is 11.0. The summed E-state index contributed by atoms with van der Waals surface area (Å²) in [6, 6.07) is 4.42. The number of sulfonamides is 1. The van der Waals surface area contributed by atoms with Crippen LogP contribution in [-0.4, -0.2) is 36.3 Å². The first-order chi connectivity index (χ1) is 14.3. The van der Waals surface area contributed by atoms with Gasteiger partial charge >= 0.3 is 6.18 Å². The molecule has 1 atom stereocenters. The zero-order chi connectivity index (χ0) is 23.6. The molecule has 1 amide bonds. The molecule has 11 heteroatoms. The molecule has 0 unspecified atom stereocenters. The number of amides is 1. The van der Waals surface area contributed by atoms with E-state index in [1.165, 1.54) is 29.4 Å². The maximum Gasteiger partial charge on any atom is 0.417 e. The van der Waals surface area contributed by atoms with Crippen LogP contribution in [0, 0.1) is 6.92 Å². The lowest BCUT2D eigenvalue weighted by molar-refractivity contribution is -0.138. The smallest absolute Gasteiger partial charge is 0.324 e. The van der Waals surface area contributed by atoms with Crippen LogP contribution in [0.25, 0.3) is 0 Å². The van der Waals surface area contributed by atoms with Crippen LogP contribution in [0.15, 0.2) is 46.2 Å². The average Bonchev–Trinajstić information content (AvgIpc) is 2.68. The van der Waals surface area contributed by atoms with Gasteiger partial charge in [-0.1, -0.05) is 19.9 Å². The van der Waals surface area contributed by atoms with Gasteiger partial charge in [0.05, 0.1) is 10.5 Å². The first kappa shape index (κ1) is 24.6. The van der Waals surface area contributed by atoms with Gasteiger partial charge in [-0.2, -0.15) is 17.5 Å². The van der Waals surface area contributed by atoms with Gasteiger partial charge in [-0.05, 0) is 37.6 Å². The molecule has 0 radical (unpaired) electrons. The number of rotatable bonds is 7. The number of nitrogens with one attached hydrogen (secondary N) is 1. The normalized spacial score (nSPS) is 13.3. The molecule has 0 aliphatic heterocycles. The summed E-state index contributed by atoms with van der Waals surface area (Å²) in [6.45, 7) is 6.84. The van der Waals surface area contributed by atoms with Gasteiger partial charge in [-0.3, -0.25) is 9.59 Å². The standard InChI is InChI=1S/C20H24F3N3O4S/c1-5-25(6-2)31(29,30)17-11-16(9-7-13(17)3)24-19(28)14(4)26-12-15(20(21,22)23)8-10-18(26)27/h7-12,14H,5-6H2,1-4H3,(H,24,28)/t14-/m0/s1. The van der Waals surface area contributed by atoms with Crippen molar-refractivity contribution in [2.45, 2.75) is 44.8 Å². The second-order valence-electron chi connectivity index (χ2n) is 6.90. The summed E-state index contributed by atoms with van der Waals surface area (Å²) in [5.74, 6) is -0.767. The molecule has 170 valence electrons. The van der Waals surface area contributed by atoms with Crippen molar-refractivity contribution in [1.82, 2.24) is 8.87 Å². The molecule has 31 heavy (non-hydrogen) atoms. The fourth-order valence-corrected chi connectivity index (χ4v) is 4.71. The third-order valence-electron chi connectivity index (χ3n) is 4.84. The van der Waals surface area contributed by atoms with Crippen LogP contribution in [0.5, 0.6) is 0 Å². The van der Waals surface area contributed by atoms with E-state index < -0.39 is 39.3 Å². The van der Waals surface area contributed by atoms with Gasteiger partial charge in [0.15, 0.2) is 0 Å². The molecule has 0 saturated heterocycles. The van der Waals surface area contributed by atoms with E-state index in [0.717, 1.165) is 6.07 Å². The van der Waals surface area contributed by atoms with Crippen molar-refractivity contribution in [3.63, 3.8) is 0 Å². The number of hydrogen-bond acceptors (Lipinski definition) is 4. The summed E-state index contributed by atoms with van der Waals surface area (Å²) >= 11 is 0. The number of hydrogen-bond donors (Lipinski definition) is 1. The minimum absolute atomic E-state index is 0.0119. The van der Waals surface area contributed by atoms with E-state index in [9.17, 15) is 31.2 Å². The van der Waals surface area contributed by atoms with Crippen molar-refractivity contribution in [2.24, 2.45) is 0 Å². The molecule has 0 aliphatic carbocycles. The lowest BCUT2D eigenvalue weighted by atomic mass is 10.2. The van der Waals surface area contributed by atoms with Gasteiger partial charge in [0.2, 0.25) is 15.9 Å². The van der Waals surface area contributed by atoms with Gasteiger partial charge in [0.1, 0.15) is 6.04 Å². The highest BCUT2D eigenvalue weighted by Crippen LogP contribution is 2.29. The predicted molar refractivity (Wildman–Crippen MR) is 110 cm³/mol. The third kappa shape index (κ3) is 5.34. The molecule has 0 bridgehead atoms. The Morgan fingerprint density at radius 1 is 1.16 bits per heavy atom. The molecule has 0 fully saturated rings. The molecular weight excluding hydrogens is 435 g/mol. The van der Waals surface area contributed by atoms with Gasteiger partial charge < -0.3 is 9.88 Å². The highest BCUT2D eigenvalue weighted by atomic mass is 32.2. The van der Waals surface area contributed by atoms with Gasteiger partial charge in [-0.25, -0.2) is 8.42 Å².